The quantitative estimate of drug-likeness (QED) is 0.507. The van der Waals surface area contributed by atoms with Crippen LogP contribution in [0.1, 0.15) is 46.5 Å². The van der Waals surface area contributed by atoms with E-state index in [1.807, 2.05) is 0 Å². The van der Waals surface area contributed by atoms with Crippen LogP contribution >= 0.6 is 0 Å². The molecule has 0 saturated carbocycles. The van der Waals surface area contributed by atoms with Gasteiger partial charge in [0.15, 0.2) is 0 Å². The third kappa shape index (κ3) is 8.53. The third-order valence-corrected chi connectivity index (χ3v) is 4.49. The second-order valence-corrected chi connectivity index (χ2v) is 9.09. The molecule has 0 radical (unpaired) electrons. The molecule has 2 amide bonds. The summed E-state index contributed by atoms with van der Waals surface area (Å²) in [6.45, 7) is 5.90. The first-order valence-electron chi connectivity index (χ1n) is 8.47. The van der Waals surface area contributed by atoms with Gasteiger partial charge in [-0.15, -0.1) is 0 Å². The first-order chi connectivity index (χ1) is 11.4. The van der Waals surface area contributed by atoms with Crippen molar-refractivity contribution in [2.45, 2.75) is 58.1 Å². The molecule has 0 unspecified atom stereocenters. The van der Waals surface area contributed by atoms with Gasteiger partial charge in [-0.3, -0.25) is 8.98 Å². The van der Waals surface area contributed by atoms with Gasteiger partial charge in [0.25, 0.3) is 10.1 Å². The Morgan fingerprint density at radius 3 is 2.52 bits per heavy atom. The van der Waals surface area contributed by atoms with Gasteiger partial charge in [0.1, 0.15) is 5.60 Å². The van der Waals surface area contributed by atoms with Crippen molar-refractivity contribution in [3.8, 4) is 0 Å². The molecule has 1 rings (SSSR count). The van der Waals surface area contributed by atoms with E-state index in [2.05, 4.69) is 5.32 Å². The lowest BCUT2D eigenvalue weighted by molar-refractivity contribution is -0.131. The fourth-order valence-corrected chi connectivity index (χ4v) is 3.10. The standard InChI is InChI=1S/C16H30N2O6S/c1-16(2,3)24-15(20)17-9-7-6-8-12-10-13(18(4)14(12)19)11-23-25(5,21)22/h12-13H,6-11H2,1-5H3,(H,17,20)/t12-,13+/m1/s1. The Hall–Kier alpha value is -1.35. The summed E-state index contributed by atoms with van der Waals surface area (Å²) < 4.78 is 32.1. The number of ether oxygens (including phenoxy) is 1. The van der Waals surface area contributed by atoms with Gasteiger partial charge in [0.2, 0.25) is 5.91 Å². The van der Waals surface area contributed by atoms with Gasteiger partial charge in [0.05, 0.1) is 18.9 Å². The average Bonchev–Trinajstić information content (AvgIpc) is 2.70. The third-order valence-electron chi connectivity index (χ3n) is 3.92. The summed E-state index contributed by atoms with van der Waals surface area (Å²) in [5.74, 6) is -0.109. The highest BCUT2D eigenvalue weighted by molar-refractivity contribution is 7.85. The van der Waals surface area contributed by atoms with Crippen molar-refractivity contribution < 1.29 is 26.9 Å². The van der Waals surface area contributed by atoms with Crippen LogP contribution in [0.15, 0.2) is 0 Å². The van der Waals surface area contributed by atoms with Crippen LogP contribution in [0.5, 0.6) is 0 Å². The van der Waals surface area contributed by atoms with E-state index in [0.29, 0.717) is 19.4 Å². The molecule has 8 nitrogen and oxygen atoms in total. The molecule has 0 aromatic carbocycles. The smallest absolute Gasteiger partial charge is 0.407 e. The highest BCUT2D eigenvalue weighted by Crippen LogP contribution is 2.27. The maximum Gasteiger partial charge on any atom is 0.407 e. The van der Waals surface area contributed by atoms with Gasteiger partial charge in [-0.25, -0.2) is 4.79 Å². The Morgan fingerprint density at radius 1 is 1.32 bits per heavy atom. The summed E-state index contributed by atoms with van der Waals surface area (Å²) in [5, 5.41) is 2.69. The minimum absolute atomic E-state index is 0.00221. The van der Waals surface area contributed by atoms with Crippen LogP contribution in [0.2, 0.25) is 0 Å². The zero-order valence-electron chi connectivity index (χ0n) is 15.7. The van der Waals surface area contributed by atoms with Crippen LogP contribution in [-0.2, 0) is 23.8 Å². The van der Waals surface area contributed by atoms with Crippen molar-refractivity contribution in [2.24, 2.45) is 5.92 Å². The molecular weight excluding hydrogens is 348 g/mol. The van der Waals surface area contributed by atoms with E-state index in [9.17, 15) is 18.0 Å². The van der Waals surface area contributed by atoms with Crippen molar-refractivity contribution in [3.63, 3.8) is 0 Å². The molecule has 1 aliphatic rings. The molecule has 1 aliphatic heterocycles. The van der Waals surface area contributed by atoms with E-state index in [1.165, 1.54) is 0 Å². The van der Waals surface area contributed by atoms with Crippen LogP contribution in [-0.4, -0.2) is 63.4 Å². The lowest BCUT2D eigenvalue weighted by atomic mass is 9.98. The van der Waals surface area contributed by atoms with Crippen LogP contribution in [0.3, 0.4) is 0 Å². The molecule has 0 spiro atoms. The Balaban J connectivity index is 2.27. The van der Waals surface area contributed by atoms with Gasteiger partial charge >= 0.3 is 6.09 Å². The number of amides is 2. The van der Waals surface area contributed by atoms with Gasteiger partial charge in [-0.05, 0) is 40.0 Å². The van der Waals surface area contributed by atoms with Crippen LogP contribution in [0.4, 0.5) is 4.79 Å². The Morgan fingerprint density at radius 2 is 1.96 bits per heavy atom. The van der Waals surface area contributed by atoms with E-state index in [0.717, 1.165) is 19.1 Å². The number of likely N-dealkylation sites (N-methyl/N-ethyl adjacent to an activating group) is 1. The number of rotatable bonds is 8. The Bertz CT molecular complexity index is 570. The maximum atomic E-state index is 12.2. The Labute approximate surface area is 150 Å². The largest absolute Gasteiger partial charge is 0.444 e. The number of alkyl carbamates (subject to hydrolysis) is 1. The van der Waals surface area contributed by atoms with Gasteiger partial charge in [-0.1, -0.05) is 6.42 Å². The number of carbonyl (C=O) groups excluding carboxylic acids is 2. The first kappa shape index (κ1) is 21.7. The molecule has 1 fully saturated rings. The summed E-state index contributed by atoms with van der Waals surface area (Å²) in [6.07, 6.45) is 3.39. The van der Waals surface area contributed by atoms with E-state index >= 15 is 0 Å². The number of nitrogens with zero attached hydrogens (tertiary/aromatic N) is 1. The van der Waals surface area contributed by atoms with Crippen molar-refractivity contribution in [2.75, 3.05) is 26.5 Å². The predicted molar refractivity (Wildman–Crippen MR) is 93.5 cm³/mol. The highest BCUT2D eigenvalue weighted by Gasteiger charge is 2.37. The molecule has 25 heavy (non-hydrogen) atoms. The van der Waals surface area contributed by atoms with Crippen LogP contribution in [0, 0.1) is 5.92 Å². The van der Waals surface area contributed by atoms with Crippen molar-refractivity contribution >= 4 is 22.1 Å². The van der Waals surface area contributed by atoms with Crippen LogP contribution in [0.25, 0.3) is 0 Å². The lowest BCUT2D eigenvalue weighted by Gasteiger charge is -2.19. The summed E-state index contributed by atoms with van der Waals surface area (Å²) >= 11 is 0. The number of nitrogens with one attached hydrogen (secondary N) is 1. The fraction of sp³-hybridized carbons (Fsp3) is 0.875. The number of carbonyl (C=O) groups is 2. The van der Waals surface area contributed by atoms with E-state index < -0.39 is 21.8 Å². The number of hydrogen-bond acceptors (Lipinski definition) is 6. The van der Waals surface area contributed by atoms with E-state index in [4.69, 9.17) is 8.92 Å². The Kier molecular flexibility index (Phi) is 7.67. The SMILES string of the molecule is CN1C(=O)[C@H](CCCCNC(=O)OC(C)(C)C)C[C@H]1COS(C)(=O)=O. The summed E-state index contributed by atoms with van der Waals surface area (Å²) in [7, 11) is -1.84. The lowest BCUT2D eigenvalue weighted by Crippen LogP contribution is -2.33. The van der Waals surface area contributed by atoms with Gasteiger partial charge in [0, 0.05) is 19.5 Å². The van der Waals surface area contributed by atoms with E-state index in [1.54, 1.807) is 32.7 Å². The highest BCUT2D eigenvalue weighted by atomic mass is 32.2. The average molecular weight is 378 g/mol. The summed E-state index contributed by atoms with van der Waals surface area (Å²) in [6, 6.07) is -0.216. The number of unbranched alkanes of at least 4 members (excludes halogenated alkanes) is 1. The molecule has 1 saturated heterocycles. The van der Waals surface area contributed by atoms with Gasteiger partial charge in [-0.2, -0.15) is 8.42 Å². The molecule has 1 N–H and O–H groups in total. The zero-order valence-corrected chi connectivity index (χ0v) is 16.5. The first-order valence-corrected chi connectivity index (χ1v) is 10.3. The molecule has 0 aromatic rings. The molecule has 0 bridgehead atoms. The molecular formula is C16H30N2O6S. The van der Waals surface area contributed by atoms with E-state index in [-0.39, 0.29) is 24.5 Å². The fourth-order valence-electron chi connectivity index (χ4n) is 2.70. The van der Waals surface area contributed by atoms with Crippen LogP contribution < -0.4 is 5.32 Å². The van der Waals surface area contributed by atoms with Gasteiger partial charge < -0.3 is 15.0 Å². The maximum absolute atomic E-state index is 12.2. The van der Waals surface area contributed by atoms with Crippen molar-refractivity contribution in [3.05, 3.63) is 0 Å². The second kappa shape index (κ2) is 8.84. The molecule has 146 valence electrons. The predicted octanol–water partition coefficient (Wildman–Crippen LogP) is 1.50. The molecule has 2 atom stereocenters. The molecule has 9 heteroatoms. The minimum atomic E-state index is -3.51. The number of likely N-dealkylation sites (tertiary alicyclic amines) is 1. The normalized spacial score (nSPS) is 21.5. The summed E-state index contributed by atoms with van der Waals surface area (Å²) in [5.41, 5.74) is -0.520. The second-order valence-electron chi connectivity index (χ2n) is 7.45. The van der Waals surface area contributed by atoms with Crippen molar-refractivity contribution in [1.29, 1.82) is 0 Å². The topological polar surface area (TPSA) is 102 Å². The molecule has 1 heterocycles. The van der Waals surface area contributed by atoms with Crippen molar-refractivity contribution in [1.82, 2.24) is 10.2 Å². The summed E-state index contributed by atoms with van der Waals surface area (Å²) in [4.78, 5) is 25.3. The zero-order chi connectivity index (χ0) is 19.3. The number of hydrogen-bond donors (Lipinski definition) is 1. The molecule has 0 aromatic heterocycles. The monoisotopic (exact) mass is 378 g/mol. The molecule has 0 aliphatic carbocycles. The minimum Gasteiger partial charge on any atom is -0.444 e.